The van der Waals surface area contributed by atoms with Gasteiger partial charge in [-0.25, -0.2) is 0 Å². The molecule has 0 radical (unpaired) electrons. The first-order chi connectivity index (χ1) is 14.1. The number of methoxy groups -OCH3 is 1. The molecule has 0 saturated heterocycles. The molecule has 1 heterocycles. The Kier molecular flexibility index (Phi) is 5.07. The van der Waals surface area contributed by atoms with Crippen LogP contribution in [-0.4, -0.2) is 28.0 Å². The fourth-order valence-corrected chi connectivity index (χ4v) is 2.94. The Morgan fingerprint density at radius 1 is 1.00 bits per heavy atom. The number of aromatic nitrogens is 3. The molecule has 0 spiro atoms. The molecular formula is C23H20N4O2. The molecule has 0 aliphatic carbocycles. The second kappa shape index (κ2) is 7.98. The highest BCUT2D eigenvalue weighted by atomic mass is 16.5. The average molecular weight is 384 g/mol. The van der Waals surface area contributed by atoms with Crippen molar-refractivity contribution in [2.75, 3.05) is 12.4 Å². The van der Waals surface area contributed by atoms with E-state index in [1.54, 1.807) is 18.0 Å². The van der Waals surface area contributed by atoms with Crippen LogP contribution in [0.5, 0.6) is 5.75 Å². The molecule has 4 aromatic rings. The van der Waals surface area contributed by atoms with Crippen LogP contribution in [0.15, 0.2) is 72.8 Å². The summed E-state index contributed by atoms with van der Waals surface area (Å²) in [4.78, 5) is 13.9. The molecule has 6 heteroatoms. The first kappa shape index (κ1) is 18.4. The van der Waals surface area contributed by atoms with E-state index >= 15 is 0 Å². The second-order valence-electron chi connectivity index (χ2n) is 6.58. The lowest BCUT2D eigenvalue weighted by molar-refractivity contribution is -0.111. The summed E-state index contributed by atoms with van der Waals surface area (Å²) in [5.74, 6) is 0.578. The van der Waals surface area contributed by atoms with Crippen molar-refractivity contribution in [1.82, 2.24) is 15.0 Å². The van der Waals surface area contributed by atoms with Crippen molar-refractivity contribution in [1.29, 1.82) is 0 Å². The highest BCUT2D eigenvalue weighted by molar-refractivity contribution is 6.03. The maximum absolute atomic E-state index is 12.3. The highest BCUT2D eigenvalue weighted by Gasteiger charge is 2.10. The zero-order chi connectivity index (χ0) is 20.2. The third kappa shape index (κ3) is 4.16. The standard InChI is InChI=1S/C23H20N4O2/c1-16-14-21-22(26-27(25-21)18-9-11-19(29-2)12-10-18)15-20(16)24-23(28)13-8-17-6-4-3-5-7-17/h3-15H,1-2H3,(H,24,28)/b13-8+. The lowest BCUT2D eigenvalue weighted by Crippen LogP contribution is -2.08. The van der Waals surface area contributed by atoms with Crippen molar-refractivity contribution in [2.24, 2.45) is 0 Å². The van der Waals surface area contributed by atoms with Crippen LogP contribution in [0, 0.1) is 6.92 Å². The molecule has 1 aromatic heterocycles. The van der Waals surface area contributed by atoms with E-state index in [0.29, 0.717) is 11.2 Å². The largest absolute Gasteiger partial charge is 0.497 e. The monoisotopic (exact) mass is 384 g/mol. The molecule has 0 unspecified atom stereocenters. The smallest absolute Gasteiger partial charge is 0.248 e. The summed E-state index contributed by atoms with van der Waals surface area (Å²) in [6, 6.07) is 20.9. The minimum atomic E-state index is -0.196. The summed E-state index contributed by atoms with van der Waals surface area (Å²) in [7, 11) is 1.63. The normalized spacial score (nSPS) is 11.1. The van der Waals surface area contributed by atoms with E-state index in [9.17, 15) is 4.79 Å². The van der Waals surface area contributed by atoms with Gasteiger partial charge in [0.15, 0.2) is 0 Å². The molecule has 0 fully saturated rings. The number of benzene rings is 3. The van der Waals surface area contributed by atoms with Crippen molar-refractivity contribution in [2.45, 2.75) is 6.92 Å². The summed E-state index contributed by atoms with van der Waals surface area (Å²) in [5, 5.41) is 12.0. The van der Waals surface area contributed by atoms with Crippen molar-refractivity contribution in [3.05, 3.63) is 83.9 Å². The van der Waals surface area contributed by atoms with Crippen molar-refractivity contribution < 1.29 is 9.53 Å². The third-order valence-corrected chi connectivity index (χ3v) is 4.51. The minimum absolute atomic E-state index is 0.196. The van der Waals surface area contributed by atoms with Crippen molar-refractivity contribution in [3.63, 3.8) is 0 Å². The second-order valence-corrected chi connectivity index (χ2v) is 6.58. The number of rotatable bonds is 5. The van der Waals surface area contributed by atoms with Gasteiger partial charge in [-0.1, -0.05) is 30.3 Å². The number of ether oxygens (including phenoxy) is 1. The summed E-state index contributed by atoms with van der Waals surface area (Å²) in [5.41, 5.74) is 4.89. The molecule has 6 nitrogen and oxygen atoms in total. The Morgan fingerprint density at radius 3 is 2.38 bits per heavy atom. The maximum atomic E-state index is 12.3. The molecule has 3 aromatic carbocycles. The van der Waals surface area contributed by atoms with Gasteiger partial charge in [0.2, 0.25) is 5.91 Å². The van der Waals surface area contributed by atoms with Gasteiger partial charge in [0, 0.05) is 11.8 Å². The van der Waals surface area contributed by atoms with Gasteiger partial charge >= 0.3 is 0 Å². The number of amides is 1. The van der Waals surface area contributed by atoms with E-state index in [1.165, 1.54) is 6.08 Å². The Morgan fingerprint density at radius 2 is 1.69 bits per heavy atom. The molecule has 29 heavy (non-hydrogen) atoms. The first-order valence-corrected chi connectivity index (χ1v) is 9.18. The highest BCUT2D eigenvalue weighted by Crippen LogP contribution is 2.23. The topological polar surface area (TPSA) is 69.0 Å². The van der Waals surface area contributed by atoms with Crippen LogP contribution in [0.3, 0.4) is 0 Å². The molecule has 1 amide bonds. The van der Waals surface area contributed by atoms with Gasteiger partial charge in [0.1, 0.15) is 16.8 Å². The van der Waals surface area contributed by atoms with Crippen LogP contribution in [0.4, 0.5) is 5.69 Å². The van der Waals surface area contributed by atoms with Gasteiger partial charge in [-0.2, -0.15) is 4.80 Å². The SMILES string of the molecule is COc1ccc(-n2nc3cc(C)c(NC(=O)/C=C/c4ccccc4)cc3n2)cc1. The van der Waals surface area contributed by atoms with Gasteiger partial charge in [0.25, 0.3) is 0 Å². The van der Waals surface area contributed by atoms with Crippen molar-refractivity contribution in [3.8, 4) is 11.4 Å². The predicted molar refractivity (Wildman–Crippen MR) is 114 cm³/mol. The average Bonchev–Trinajstić information content (AvgIpc) is 3.16. The molecule has 0 aliphatic heterocycles. The van der Waals surface area contributed by atoms with Crippen LogP contribution in [0.2, 0.25) is 0 Å². The van der Waals surface area contributed by atoms with E-state index in [-0.39, 0.29) is 5.91 Å². The molecule has 0 bridgehead atoms. The Labute approximate surface area is 168 Å². The van der Waals surface area contributed by atoms with Crippen LogP contribution in [-0.2, 0) is 4.79 Å². The summed E-state index contributed by atoms with van der Waals surface area (Å²) < 4.78 is 5.18. The molecular weight excluding hydrogens is 364 g/mol. The number of anilines is 1. The van der Waals surface area contributed by atoms with E-state index in [2.05, 4.69) is 15.5 Å². The number of carbonyl (C=O) groups excluding carboxylic acids is 1. The molecule has 144 valence electrons. The number of carbonyl (C=O) groups is 1. The zero-order valence-electron chi connectivity index (χ0n) is 16.2. The Hall–Kier alpha value is -3.93. The Balaban J connectivity index is 1.56. The summed E-state index contributed by atoms with van der Waals surface area (Å²) in [6.45, 7) is 1.93. The number of nitrogens with zero attached hydrogens (tertiary/aromatic N) is 3. The Bertz CT molecular complexity index is 1180. The van der Waals surface area contributed by atoms with Gasteiger partial charge in [-0.3, -0.25) is 4.79 Å². The first-order valence-electron chi connectivity index (χ1n) is 9.18. The van der Waals surface area contributed by atoms with Gasteiger partial charge in [0.05, 0.1) is 12.8 Å². The number of aryl methyl sites for hydroxylation is 1. The van der Waals surface area contributed by atoms with Crippen molar-refractivity contribution >= 4 is 28.7 Å². The predicted octanol–water partition coefficient (Wildman–Crippen LogP) is 4.39. The van der Waals surface area contributed by atoms with Gasteiger partial charge < -0.3 is 10.1 Å². The fourth-order valence-electron chi connectivity index (χ4n) is 2.94. The maximum Gasteiger partial charge on any atom is 0.248 e. The van der Waals surface area contributed by atoms with E-state index in [4.69, 9.17) is 4.74 Å². The number of hydrogen-bond acceptors (Lipinski definition) is 4. The fraction of sp³-hybridized carbons (Fsp3) is 0.0870. The van der Waals surface area contributed by atoms with Crippen LogP contribution in [0.1, 0.15) is 11.1 Å². The van der Waals surface area contributed by atoms with Crippen LogP contribution >= 0.6 is 0 Å². The van der Waals surface area contributed by atoms with E-state index < -0.39 is 0 Å². The summed E-state index contributed by atoms with van der Waals surface area (Å²) in [6.07, 6.45) is 3.30. The van der Waals surface area contributed by atoms with Crippen LogP contribution < -0.4 is 10.1 Å². The number of hydrogen-bond donors (Lipinski definition) is 1. The van der Waals surface area contributed by atoms with Gasteiger partial charge in [-0.05, 0) is 60.5 Å². The molecule has 4 rings (SSSR count). The van der Waals surface area contributed by atoms with Gasteiger partial charge in [-0.15, -0.1) is 10.2 Å². The lowest BCUT2D eigenvalue weighted by Gasteiger charge is -2.05. The molecule has 0 saturated carbocycles. The quantitative estimate of drug-likeness (QED) is 0.518. The van der Waals surface area contributed by atoms with E-state index in [0.717, 1.165) is 28.1 Å². The number of fused-ring (bicyclic) bond motifs is 1. The molecule has 0 atom stereocenters. The van der Waals surface area contributed by atoms with E-state index in [1.807, 2.05) is 73.7 Å². The molecule has 0 aliphatic rings. The molecule has 1 N–H and O–H groups in total. The number of nitrogens with one attached hydrogen (secondary N) is 1. The lowest BCUT2D eigenvalue weighted by atomic mass is 10.1. The summed E-state index contributed by atoms with van der Waals surface area (Å²) >= 11 is 0. The third-order valence-electron chi connectivity index (χ3n) is 4.51. The minimum Gasteiger partial charge on any atom is -0.497 e. The zero-order valence-corrected chi connectivity index (χ0v) is 16.2. The van der Waals surface area contributed by atoms with Crippen LogP contribution in [0.25, 0.3) is 22.8 Å².